The maximum Gasteiger partial charge on any atom is 0.404 e. The van der Waals surface area contributed by atoms with Crippen molar-refractivity contribution in [1.82, 2.24) is 19.9 Å². The second kappa shape index (κ2) is 9.02. The van der Waals surface area contributed by atoms with E-state index in [-0.39, 0.29) is 24.0 Å². The van der Waals surface area contributed by atoms with Crippen molar-refractivity contribution in [3.63, 3.8) is 0 Å². The Morgan fingerprint density at radius 2 is 1.97 bits per heavy atom. The number of rotatable bonds is 6. The van der Waals surface area contributed by atoms with Crippen LogP contribution >= 0.6 is 0 Å². The van der Waals surface area contributed by atoms with Crippen molar-refractivity contribution in [2.75, 3.05) is 50.6 Å². The first-order valence-corrected chi connectivity index (χ1v) is 12.4. The molecule has 3 aliphatic rings. The van der Waals surface area contributed by atoms with E-state index in [9.17, 15) is 4.79 Å². The van der Waals surface area contributed by atoms with Gasteiger partial charge in [0.25, 0.3) is 0 Å². The highest BCUT2D eigenvalue weighted by Crippen LogP contribution is 2.43. The lowest BCUT2D eigenvalue weighted by Crippen LogP contribution is -2.44. The van der Waals surface area contributed by atoms with Crippen LogP contribution in [0.2, 0.25) is 0 Å². The van der Waals surface area contributed by atoms with Crippen molar-refractivity contribution < 1.29 is 14.3 Å². The Bertz CT molecular complexity index is 1310. The Morgan fingerprint density at radius 3 is 2.75 bits per heavy atom. The van der Waals surface area contributed by atoms with E-state index in [0.717, 1.165) is 60.8 Å². The number of amides is 1. The fourth-order valence-corrected chi connectivity index (χ4v) is 5.74. The Hall–Kier alpha value is -3.79. The van der Waals surface area contributed by atoms with Crippen LogP contribution in [0.1, 0.15) is 6.42 Å². The molecular weight excluding hydrogens is 458 g/mol. The monoisotopic (exact) mass is 489 g/mol. The minimum absolute atomic E-state index is 0.0674. The van der Waals surface area contributed by atoms with Crippen LogP contribution in [0.4, 0.5) is 16.2 Å². The number of ether oxygens (including phenoxy) is 2. The maximum absolute atomic E-state index is 11.5. The number of benzene rings is 1. The molecule has 36 heavy (non-hydrogen) atoms. The van der Waals surface area contributed by atoms with E-state index in [2.05, 4.69) is 62.5 Å². The SMILES string of the molecule is COc1cc(N2CCN(C)CC2)ccc1-c1nc2nccc(N[C@H]3[C@@H](OC(N)=O)[C@@H]4C=C[C@H]3C4)c2[nH]1. The molecule has 3 aromatic rings. The summed E-state index contributed by atoms with van der Waals surface area (Å²) in [7, 11) is 3.83. The summed E-state index contributed by atoms with van der Waals surface area (Å²) in [6.45, 7) is 4.06. The first-order chi connectivity index (χ1) is 17.5. The molecule has 1 aliphatic heterocycles. The number of hydrogen-bond acceptors (Lipinski definition) is 8. The quantitative estimate of drug-likeness (QED) is 0.452. The van der Waals surface area contributed by atoms with Gasteiger partial charge < -0.3 is 35.3 Å². The van der Waals surface area contributed by atoms with Crippen molar-refractivity contribution >= 4 is 28.6 Å². The zero-order valence-electron chi connectivity index (χ0n) is 20.5. The molecule has 0 unspecified atom stereocenters. The van der Waals surface area contributed by atoms with E-state index in [4.69, 9.17) is 20.2 Å². The number of aromatic amines is 1. The number of nitrogens with zero attached hydrogens (tertiary/aromatic N) is 4. The van der Waals surface area contributed by atoms with Gasteiger partial charge in [-0.05, 0) is 31.7 Å². The predicted molar refractivity (Wildman–Crippen MR) is 138 cm³/mol. The van der Waals surface area contributed by atoms with Crippen LogP contribution in [-0.4, -0.2) is 78.4 Å². The molecule has 0 spiro atoms. The fraction of sp³-hybridized carbons (Fsp3) is 0.423. The highest BCUT2D eigenvalue weighted by atomic mass is 16.6. The van der Waals surface area contributed by atoms with Gasteiger partial charge in [-0.2, -0.15) is 0 Å². The number of anilines is 2. The summed E-state index contributed by atoms with van der Waals surface area (Å²) in [6.07, 6.45) is 5.93. The summed E-state index contributed by atoms with van der Waals surface area (Å²) in [4.78, 5) is 28.9. The minimum atomic E-state index is -0.747. The number of nitrogens with two attached hydrogens (primary N) is 1. The Balaban J connectivity index is 1.29. The first kappa shape index (κ1) is 22.7. The molecular formula is C26H31N7O3. The van der Waals surface area contributed by atoms with Crippen LogP contribution in [0.15, 0.2) is 42.6 Å². The van der Waals surface area contributed by atoms with Crippen LogP contribution < -0.4 is 20.7 Å². The largest absolute Gasteiger partial charge is 0.496 e. The van der Waals surface area contributed by atoms with Gasteiger partial charge >= 0.3 is 6.09 Å². The third-order valence-corrected chi connectivity index (χ3v) is 7.66. The molecule has 2 bridgehead atoms. The number of hydrogen-bond donors (Lipinski definition) is 3. The second-order valence-corrected chi connectivity index (χ2v) is 9.84. The van der Waals surface area contributed by atoms with E-state index < -0.39 is 6.09 Å². The Labute approximate surface area is 209 Å². The van der Waals surface area contributed by atoms with Gasteiger partial charge in [0.05, 0.1) is 24.4 Å². The second-order valence-electron chi connectivity index (χ2n) is 9.84. The molecule has 1 amide bonds. The maximum atomic E-state index is 11.5. The van der Waals surface area contributed by atoms with Crippen LogP contribution in [0.25, 0.3) is 22.6 Å². The van der Waals surface area contributed by atoms with Crippen LogP contribution in [0, 0.1) is 11.8 Å². The predicted octanol–water partition coefficient (Wildman–Crippen LogP) is 2.84. The third-order valence-electron chi connectivity index (χ3n) is 7.66. The molecule has 4 atom stereocenters. The number of primary amides is 1. The summed E-state index contributed by atoms with van der Waals surface area (Å²) in [5.41, 5.74) is 9.62. The number of nitrogens with one attached hydrogen (secondary N) is 2. The number of imidazole rings is 1. The van der Waals surface area contributed by atoms with E-state index >= 15 is 0 Å². The zero-order valence-corrected chi connectivity index (χ0v) is 20.5. The molecule has 10 nitrogen and oxygen atoms in total. The standard InChI is InChI=1S/C26H31N7O3/c1-32-9-11-33(12-10-32)17-5-6-18(20(14-17)35-2)24-30-22-19(7-8-28-25(22)31-24)29-21-15-3-4-16(13-15)23(21)36-26(27)34/h3-8,14-16,21,23H,9-13H2,1-2H3,(H2,27,34)(H2,28,29,30,31)/t15-,16+,21+,23-/m0/s1. The van der Waals surface area contributed by atoms with Crippen molar-refractivity contribution in [2.45, 2.75) is 18.6 Å². The highest BCUT2D eigenvalue weighted by molar-refractivity contribution is 5.88. The van der Waals surface area contributed by atoms with E-state index in [1.807, 2.05) is 6.07 Å². The van der Waals surface area contributed by atoms with E-state index in [1.54, 1.807) is 13.3 Å². The van der Waals surface area contributed by atoms with Gasteiger partial charge in [-0.15, -0.1) is 0 Å². The molecule has 4 N–H and O–H groups in total. The van der Waals surface area contributed by atoms with Gasteiger partial charge in [0, 0.05) is 56.0 Å². The van der Waals surface area contributed by atoms with Gasteiger partial charge in [0.15, 0.2) is 5.65 Å². The molecule has 2 fully saturated rings. The number of likely N-dealkylation sites (N-methyl/N-ethyl adjacent to an activating group) is 1. The number of H-pyrrole nitrogens is 1. The van der Waals surface area contributed by atoms with Crippen LogP contribution in [-0.2, 0) is 4.74 Å². The number of carbonyl (C=O) groups excluding carboxylic acids is 1. The Morgan fingerprint density at radius 1 is 1.17 bits per heavy atom. The average molecular weight is 490 g/mol. The smallest absolute Gasteiger partial charge is 0.404 e. The number of piperazine rings is 1. The van der Waals surface area contributed by atoms with E-state index in [0.29, 0.717) is 11.5 Å². The molecule has 3 heterocycles. The molecule has 188 valence electrons. The molecule has 0 radical (unpaired) electrons. The highest BCUT2D eigenvalue weighted by Gasteiger charge is 2.47. The summed E-state index contributed by atoms with van der Waals surface area (Å²) in [6, 6.07) is 8.09. The average Bonchev–Trinajstić information content (AvgIpc) is 3.60. The van der Waals surface area contributed by atoms with Gasteiger partial charge in [-0.1, -0.05) is 12.2 Å². The van der Waals surface area contributed by atoms with Gasteiger partial charge in [0.2, 0.25) is 0 Å². The summed E-state index contributed by atoms with van der Waals surface area (Å²) in [5, 5.41) is 3.58. The lowest BCUT2D eigenvalue weighted by Gasteiger charge is -2.34. The van der Waals surface area contributed by atoms with Gasteiger partial charge in [-0.25, -0.2) is 14.8 Å². The van der Waals surface area contributed by atoms with Crippen molar-refractivity contribution in [3.8, 4) is 17.1 Å². The first-order valence-electron chi connectivity index (χ1n) is 12.4. The molecule has 1 aromatic carbocycles. The number of pyridine rings is 1. The molecule has 1 saturated heterocycles. The number of carbonyl (C=O) groups is 1. The van der Waals surface area contributed by atoms with E-state index in [1.165, 1.54) is 0 Å². The molecule has 2 aliphatic carbocycles. The lowest BCUT2D eigenvalue weighted by atomic mass is 9.98. The summed E-state index contributed by atoms with van der Waals surface area (Å²) < 4.78 is 11.2. The molecule has 1 saturated carbocycles. The van der Waals surface area contributed by atoms with Gasteiger partial charge in [0.1, 0.15) is 23.2 Å². The third kappa shape index (κ3) is 4.01. The minimum Gasteiger partial charge on any atom is -0.496 e. The number of methoxy groups -OCH3 is 1. The van der Waals surface area contributed by atoms with Crippen molar-refractivity contribution in [3.05, 3.63) is 42.6 Å². The molecule has 6 rings (SSSR count). The summed E-state index contributed by atoms with van der Waals surface area (Å²) >= 11 is 0. The normalized spacial score (nSPS) is 25.4. The topological polar surface area (TPSA) is 122 Å². The van der Waals surface area contributed by atoms with Crippen LogP contribution in [0.3, 0.4) is 0 Å². The van der Waals surface area contributed by atoms with Crippen molar-refractivity contribution in [1.29, 1.82) is 0 Å². The molecule has 10 heteroatoms. The molecule has 2 aromatic heterocycles. The zero-order chi connectivity index (χ0) is 24.8. The van der Waals surface area contributed by atoms with Crippen molar-refractivity contribution in [2.24, 2.45) is 17.6 Å². The lowest BCUT2D eigenvalue weighted by molar-refractivity contribution is 0.0854. The Kier molecular flexibility index (Phi) is 5.67. The number of fused-ring (bicyclic) bond motifs is 3. The van der Waals surface area contributed by atoms with Crippen LogP contribution in [0.5, 0.6) is 5.75 Å². The van der Waals surface area contributed by atoms with Gasteiger partial charge in [-0.3, -0.25) is 0 Å². The number of aromatic nitrogens is 3. The summed E-state index contributed by atoms with van der Waals surface area (Å²) in [5.74, 6) is 1.89. The fourth-order valence-electron chi connectivity index (χ4n) is 5.74.